The van der Waals surface area contributed by atoms with Gasteiger partial charge >= 0.3 is 0 Å². The van der Waals surface area contributed by atoms with Gasteiger partial charge in [0, 0.05) is 10.2 Å². The number of fused-ring (bicyclic) bond motifs is 1. The van der Waals surface area contributed by atoms with Crippen molar-refractivity contribution in [3.63, 3.8) is 0 Å². The highest BCUT2D eigenvalue weighted by molar-refractivity contribution is 9.10. The van der Waals surface area contributed by atoms with Gasteiger partial charge in [-0.25, -0.2) is 10.5 Å². The van der Waals surface area contributed by atoms with Gasteiger partial charge in [0.2, 0.25) is 0 Å². The number of amides is 1. The lowest BCUT2D eigenvalue weighted by Crippen LogP contribution is -2.27. The first kappa shape index (κ1) is 14.8. The van der Waals surface area contributed by atoms with Gasteiger partial charge in [0.1, 0.15) is 11.5 Å². The van der Waals surface area contributed by atoms with E-state index in [-0.39, 0.29) is 6.54 Å². The van der Waals surface area contributed by atoms with Crippen molar-refractivity contribution in [2.24, 2.45) is 0 Å². The van der Waals surface area contributed by atoms with Crippen molar-refractivity contribution in [1.82, 2.24) is 14.9 Å². The molecule has 0 aliphatic carbocycles. The van der Waals surface area contributed by atoms with E-state index in [1.807, 2.05) is 19.1 Å². The first-order chi connectivity index (χ1) is 9.58. The third-order valence-corrected chi connectivity index (χ3v) is 3.92. The Bertz CT molecular complexity index is 639. The number of pyridine rings is 1. The highest BCUT2D eigenvalue weighted by Gasteiger charge is 2.14. The van der Waals surface area contributed by atoms with Crippen molar-refractivity contribution in [2.45, 2.75) is 26.7 Å². The minimum absolute atomic E-state index is 0.0166. The lowest BCUT2D eigenvalue weighted by atomic mass is 10.2. The summed E-state index contributed by atoms with van der Waals surface area (Å²) in [5.41, 5.74) is 4.53. The number of imidazole rings is 1. The van der Waals surface area contributed by atoms with Gasteiger partial charge in [-0.2, -0.15) is 0 Å². The maximum absolute atomic E-state index is 11.1. The molecule has 0 aromatic carbocycles. The second kappa shape index (κ2) is 6.23. The molecule has 1 amide bonds. The van der Waals surface area contributed by atoms with Crippen molar-refractivity contribution in [3.8, 4) is 0 Å². The van der Waals surface area contributed by atoms with Crippen molar-refractivity contribution in [2.75, 3.05) is 11.9 Å². The molecule has 0 aliphatic rings. The third kappa shape index (κ3) is 2.78. The van der Waals surface area contributed by atoms with Crippen LogP contribution >= 0.6 is 15.9 Å². The Morgan fingerprint density at radius 2 is 2.25 bits per heavy atom. The summed E-state index contributed by atoms with van der Waals surface area (Å²) >= 11 is 3.52. The zero-order chi connectivity index (χ0) is 14.7. The van der Waals surface area contributed by atoms with Gasteiger partial charge in [0.25, 0.3) is 5.91 Å². The highest BCUT2D eigenvalue weighted by Crippen LogP contribution is 2.25. The minimum atomic E-state index is -0.498. The number of carbonyl (C=O) groups excluding carboxylic acids is 1. The molecule has 0 fully saturated rings. The maximum atomic E-state index is 11.1. The van der Waals surface area contributed by atoms with E-state index < -0.39 is 5.91 Å². The Kier molecular flexibility index (Phi) is 4.61. The summed E-state index contributed by atoms with van der Waals surface area (Å²) in [6.07, 6.45) is 1.82. The van der Waals surface area contributed by atoms with Crippen molar-refractivity contribution in [3.05, 3.63) is 28.0 Å². The number of hydroxylamine groups is 1. The van der Waals surface area contributed by atoms with Gasteiger partial charge in [-0.1, -0.05) is 13.3 Å². The molecule has 3 N–H and O–H groups in total. The standard InChI is InChI=1S/C13H17BrN4O2/c1-3-4-10-13(15-7-12(19)17-20)16-11-6-5-9(14)8(2)18(10)11/h5-6,15,20H,3-4,7H2,1-2H3,(H,17,19). The number of nitrogens with one attached hydrogen (secondary N) is 2. The SMILES string of the molecule is CCCc1c(NCC(=O)NO)nc2ccc(Br)c(C)n12. The molecule has 7 heteroatoms. The molecular weight excluding hydrogens is 324 g/mol. The summed E-state index contributed by atoms with van der Waals surface area (Å²) in [4.78, 5) is 15.6. The molecule has 2 heterocycles. The first-order valence-electron chi connectivity index (χ1n) is 6.41. The summed E-state index contributed by atoms with van der Waals surface area (Å²) < 4.78 is 3.09. The van der Waals surface area contributed by atoms with Crippen LogP contribution < -0.4 is 10.8 Å². The molecule has 0 atom stereocenters. The summed E-state index contributed by atoms with van der Waals surface area (Å²) in [5.74, 6) is 0.180. The van der Waals surface area contributed by atoms with E-state index in [1.54, 1.807) is 5.48 Å². The number of halogens is 1. The highest BCUT2D eigenvalue weighted by atomic mass is 79.9. The predicted octanol–water partition coefficient (Wildman–Crippen LogP) is 2.28. The van der Waals surface area contributed by atoms with Gasteiger partial charge in [-0.15, -0.1) is 0 Å². The number of aryl methyl sites for hydroxylation is 2. The predicted molar refractivity (Wildman–Crippen MR) is 80.0 cm³/mol. The van der Waals surface area contributed by atoms with E-state index >= 15 is 0 Å². The molecule has 108 valence electrons. The monoisotopic (exact) mass is 340 g/mol. The number of hydrogen-bond acceptors (Lipinski definition) is 4. The molecular formula is C13H17BrN4O2. The molecule has 0 bridgehead atoms. The Morgan fingerprint density at radius 1 is 1.50 bits per heavy atom. The van der Waals surface area contributed by atoms with Crippen LogP contribution in [0.15, 0.2) is 16.6 Å². The van der Waals surface area contributed by atoms with Crippen molar-refractivity contribution < 1.29 is 10.0 Å². The molecule has 0 saturated carbocycles. The van der Waals surface area contributed by atoms with Gasteiger partial charge in [0.05, 0.1) is 12.2 Å². The fraction of sp³-hybridized carbons (Fsp3) is 0.385. The smallest absolute Gasteiger partial charge is 0.262 e. The zero-order valence-corrected chi connectivity index (χ0v) is 13.0. The number of carbonyl (C=O) groups is 1. The third-order valence-electron chi connectivity index (χ3n) is 3.09. The largest absolute Gasteiger partial charge is 0.359 e. The summed E-state index contributed by atoms with van der Waals surface area (Å²) in [6.45, 7) is 4.09. The van der Waals surface area contributed by atoms with Crippen LogP contribution in [0.2, 0.25) is 0 Å². The Balaban J connectivity index is 2.45. The van der Waals surface area contributed by atoms with Crippen LogP contribution in [0.25, 0.3) is 5.65 Å². The number of hydrogen-bond donors (Lipinski definition) is 3. The lowest BCUT2D eigenvalue weighted by Gasteiger charge is -2.08. The second-order valence-corrected chi connectivity index (χ2v) is 5.36. The summed E-state index contributed by atoms with van der Waals surface area (Å²) in [5, 5.41) is 11.5. The average molecular weight is 341 g/mol. The number of aromatic nitrogens is 2. The number of anilines is 1. The van der Waals surface area contributed by atoms with E-state index in [0.29, 0.717) is 5.82 Å². The zero-order valence-electron chi connectivity index (χ0n) is 11.4. The molecule has 0 aliphatic heterocycles. The van der Waals surface area contributed by atoms with Gasteiger partial charge in [-0.05, 0) is 41.4 Å². The van der Waals surface area contributed by atoms with Crippen LogP contribution in [0.1, 0.15) is 24.7 Å². The number of rotatable bonds is 5. The van der Waals surface area contributed by atoms with E-state index in [9.17, 15) is 4.79 Å². The van der Waals surface area contributed by atoms with Gasteiger partial charge < -0.3 is 5.32 Å². The minimum Gasteiger partial charge on any atom is -0.359 e. The molecule has 6 nitrogen and oxygen atoms in total. The Hall–Kier alpha value is -1.60. The van der Waals surface area contributed by atoms with Crippen LogP contribution in [-0.2, 0) is 11.2 Å². The van der Waals surface area contributed by atoms with Crippen molar-refractivity contribution in [1.29, 1.82) is 0 Å². The molecule has 0 unspecified atom stereocenters. The van der Waals surface area contributed by atoms with E-state index in [1.165, 1.54) is 0 Å². The van der Waals surface area contributed by atoms with Crippen LogP contribution in [0.4, 0.5) is 5.82 Å². The van der Waals surface area contributed by atoms with Gasteiger partial charge in [0.15, 0.2) is 0 Å². The van der Waals surface area contributed by atoms with Crippen LogP contribution in [0.3, 0.4) is 0 Å². The van der Waals surface area contributed by atoms with E-state index in [4.69, 9.17) is 5.21 Å². The van der Waals surface area contributed by atoms with Gasteiger partial charge in [-0.3, -0.25) is 14.4 Å². The van der Waals surface area contributed by atoms with Crippen LogP contribution in [-0.4, -0.2) is 27.0 Å². The number of nitrogens with zero attached hydrogens (tertiary/aromatic N) is 2. The maximum Gasteiger partial charge on any atom is 0.262 e. The first-order valence-corrected chi connectivity index (χ1v) is 7.21. The lowest BCUT2D eigenvalue weighted by molar-refractivity contribution is -0.127. The topological polar surface area (TPSA) is 78.7 Å². The molecule has 0 radical (unpaired) electrons. The molecule has 20 heavy (non-hydrogen) atoms. The molecule has 0 spiro atoms. The van der Waals surface area contributed by atoms with Crippen LogP contribution in [0, 0.1) is 6.92 Å². The fourth-order valence-corrected chi connectivity index (χ4v) is 2.46. The average Bonchev–Trinajstić information content (AvgIpc) is 2.79. The molecule has 2 aromatic heterocycles. The summed E-state index contributed by atoms with van der Waals surface area (Å²) in [7, 11) is 0. The second-order valence-electron chi connectivity index (χ2n) is 4.51. The van der Waals surface area contributed by atoms with Crippen LogP contribution in [0.5, 0.6) is 0 Å². The van der Waals surface area contributed by atoms with Crippen molar-refractivity contribution >= 4 is 33.3 Å². The summed E-state index contributed by atoms with van der Waals surface area (Å²) in [6, 6.07) is 3.88. The molecule has 2 rings (SSSR count). The van der Waals surface area contributed by atoms with E-state index in [0.717, 1.165) is 34.3 Å². The Morgan fingerprint density at radius 3 is 2.90 bits per heavy atom. The quantitative estimate of drug-likeness (QED) is 0.576. The molecule has 0 saturated heterocycles. The van der Waals surface area contributed by atoms with E-state index in [2.05, 4.69) is 37.6 Å². The fourth-order valence-electron chi connectivity index (χ4n) is 2.15. The normalized spacial score (nSPS) is 10.8. The molecule has 2 aromatic rings. The Labute approximate surface area is 125 Å².